The molecule has 0 aliphatic carbocycles. The zero-order valence-electron chi connectivity index (χ0n) is 9.81. The van der Waals surface area contributed by atoms with Crippen LogP contribution >= 0.6 is 0 Å². The summed E-state index contributed by atoms with van der Waals surface area (Å²) in [4.78, 5) is 26.4. The van der Waals surface area contributed by atoms with E-state index < -0.39 is 0 Å². The summed E-state index contributed by atoms with van der Waals surface area (Å²) in [6, 6.07) is 3.25. The molecular formula is C12H16N2O3. The van der Waals surface area contributed by atoms with Gasteiger partial charge in [-0.2, -0.15) is 0 Å². The van der Waals surface area contributed by atoms with Gasteiger partial charge in [0.1, 0.15) is 6.61 Å². The van der Waals surface area contributed by atoms with Gasteiger partial charge in [-0.05, 0) is 18.6 Å². The largest absolute Gasteiger partial charge is 0.464 e. The monoisotopic (exact) mass is 236 g/mol. The molecule has 0 unspecified atom stereocenters. The Balaban J connectivity index is 2.19. The summed E-state index contributed by atoms with van der Waals surface area (Å²) in [5.74, 6) is -0.426. The molecule has 92 valence electrons. The lowest BCUT2D eigenvalue weighted by Crippen LogP contribution is -2.28. The third-order valence-electron chi connectivity index (χ3n) is 2.05. The van der Waals surface area contributed by atoms with E-state index in [2.05, 4.69) is 10.3 Å². The van der Waals surface area contributed by atoms with Crippen LogP contribution in [0, 0.1) is 0 Å². The average molecular weight is 236 g/mol. The SMILES string of the molecule is CCCC(=O)OCCNC(=O)c1ccncc1. The minimum absolute atomic E-state index is 0.195. The molecule has 1 aromatic heterocycles. The zero-order valence-corrected chi connectivity index (χ0v) is 9.81. The fourth-order valence-electron chi connectivity index (χ4n) is 1.21. The molecule has 1 N–H and O–H groups in total. The minimum atomic E-state index is -0.231. The number of carbonyl (C=O) groups excluding carboxylic acids is 2. The van der Waals surface area contributed by atoms with E-state index in [4.69, 9.17) is 4.74 Å². The molecule has 5 heteroatoms. The molecule has 0 saturated carbocycles. The fourth-order valence-corrected chi connectivity index (χ4v) is 1.21. The van der Waals surface area contributed by atoms with Gasteiger partial charge in [-0.1, -0.05) is 6.92 Å². The van der Waals surface area contributed by atoms with Crippen molar-refractivity contribution in [1.29, 1.82) is 0 Å². The predicted octanol–water partition coefficient (Wildman–Crippen LogP) is 1.15. The highest BCUT2D eigenvalue weighted by molar-refractivity contribution is 5.93. The Morgan fingerprint density at radius 3 is 2.71 bits per heavy atom. The van der Waals surface area contributed by atoms with E-state index in [9.17, 15) is 9.59 Å². The van der Waals surface area contributed by atoms with Crippen LogP contribution in [0.1, 0.15) is 30.1 Å². The van der Waals surface area contributed by atoms with Crippen LogP contribution in [0.5, 0.6) is 0 Å². The smallest absolute Gasteiger partial charge is 0.305 e. The van der Waals surface area contributed by atoms with Gasteiger partial charge in [0.25, 0.3) is 5.91 Å². The molecule has 1 aromatic rings. The highest BCUT2D eigenvalue weighted by atomic mass is 16.5. The quantitative estimate of drug-likeness (QED) is 0.594. The molecular weight excluding hydrogens is 220 g/mol. The number of rotatable bonds is 6. The zero-order chi connectivity index (χ0) is 12.5. The molecule has 1 rings (SSSR count). The van der Waals surface area contributed by atoms with Gasteiger partial charge < -0.3 is 10.1 Å². The van der Waals surface area contributed by atoms with Crippen LogP contribution < -0.4 is 5.32 Å². The summed E-state index contributed by atoms with van der Waals surface area (Å²) in [5, 5.41) is 2.65. The van der Waals surface area contributed by atoms with Crippen molar-refractivity contribution in [3.8, 4) is 0 Å². The normalized spacial score (nSPS) is 9.71. The Hall–Kier alpha value is -1.91. The minimum Gasteiger partial charge on any atom is -0.464 e. The molecule has 0 aromatic carbocycles. The van der Waals surface area contributed by atoms with E-state index in [0.29, 0.717) is 18.5 Å². The van der Waals surface area contributed by atoms with Gasteiger partial charge in [0.05, 0.1) is 6.54 Å². The van der Waals surface area contributed by atoms with Crippen LogP contribution in [-0.4, -0.2) is 30.0 Å². The number of amides is 1. The first kappa shape index (κ1) is 13.2. The van der Waals surface area contributed by atoms with Crippen LogP contribution in [0.4, 0.5) is 0 Å². The van der Waals surface area contributed by atoms with E-state index in [0.717, 1.165) is 6.42 Å². The van der Waals surface area contributed by atoms with Gasteiger partial charge in [0.2, 0.25) is 0 Å². The second-order valence-corrected chi connectivity index (χ2v) is 3.46. The maximum atomic E-state index is 11.5. The maximum absolute atomic E-state index is 11.5. The first-order valence-electron chi connectivity index (χ1n) is 5.58. The number of pyridine rings is 1. The molecule has 0 fully saturated rings. The fraction of sp³-hybridized carbons (Fsp3) is 0.417. The van der Waals surface area contributed by atoms with Crippen LogP contribution in [0.25, 0.3) is 0 Å². The van der Waals surface area contributed by atoms with Gasteiger partial charge in [-0.15, -0.1) is 0 Å². The highest BCUT2D eigenvalue weighted by Crippen LogP contribution is 1.95. The Morgan fingerprint density at radius 2 is 2.06 bits per heavy atom. The summed E-state index contributed by atoms with van der Waals surface area (Å²) in [7, 11) is 0. The summed E-state index contributed by atoms with van der Waals surface area (Å²) in [5.41, 5.74) is 0.542. The third kappa shape index (κ3) is 5.10. The van der Waals surface area contributed by atoms with Crippen LogP contribution in [0.15, 0.2) is 24.5 Å². The van der Waals surface area contributed by atoms with Crippen molar-refractivity contribution >= 4 is 11.9 Å². The topological polar surface area (TPSA) is 68.3 Å². The van der Waals surface area contributed by atoms with Gasteiger partial charge in [-0.3, -0.25) is 14.6 Å². The average Bonchev–Trinajstić information content (AvgIpc) is 2.36. The van der Waals surface area contributed by atoms with Gasteiger partial charge in [-0.25, -0.2) is 0 Å². The molecule has 5 nitrogen and oxygen atoms in total. The van der Waals surface area contributed by atoms with E-state index in [1.54, 1.807) is 24.5 Å². The van der Waals surface area contributed by atoms with Crippen molar-refractivity contribution in [2.24, 2.45) is 0 Å². The maximum Gasteiger partial charge on any atom is 0.305 e. The molecule has 0 atom stereocenters. The lowest BCUT2D eigenvalue weighted by atomic mass is 10.2. The lowest BCUT2D eigenvalue weighted by molar-refractivity contribution is -0.143. The summed E-state index contributed by atoms with van der Waals surface area (Å²) in [6.45, 7) is 2.43. The molecule has 1 heterocycles. The molecule has 0 saturated heterocycles. The second-order valence-electron chi connectivity index (χ2n) is 3.46. The van der Waals surface area contributed by atoms with Crippen LogP contribution in [0.3, 0.4) is 0 Å². The summed E-state index contributed by atoms with van der Waals surface area (Å²) >= 11 is 0. The number of esters is 1. The lowest BCUT2D eigenvalue weighted by Gasteiger charge is -2.06. The Labute approximate surface area is 100 Å². The van der Waals surface area contributed by atoms with Crippen molar-refractivity contribution < 1.29 is 14.3 Å². The number of aromatic nitrogens is 1. The number of hydrogen-bond acceptors (Lipinski definition) is 4. The summed E-state index contributed by atoms with van der Waals surface area (Å²) < 4.78 is 4.90. The number of carbonyl (C=O) groups is 2. The second kappa shape index (κ2) is 7.38. The third-order valence-corrected chi connectivity index (χ3v) is 2.05. The van der Waals surface area contributed by atoms with E-state index in [1.807, 2.05) is 6.92 Å². The molecule has 0 bridgehead atoms. The van der Waals surface area contributed by atoms with Gasteiger partial charge in [0.15, 0.2) is 0 Å². The molecule has 0 spiro atoms. The first-order chi connectivity index (χ1) is 8.24. The standard InChI is InChI=1S/C12H16N2O3/c1-2-3-11(15)17-9-8-14-12(16)10-4-6-13-7-5-10/h4-7H,2-3,8-9H2,1H3,(H,14,16). The van der Waals surface area contributed by atoms with E-state index >= 15 is 0 Å². The predicted molar refractivity (Wildman–Crippen MR) is 62.4 cm³/mol. The van der Waals surface area contributed by atoms with Crippen LogP contribution in [-0.2, 0) is 9.53 Å². The van der Waals surface area contributed by atoms with E-state index in [1.165, 1.54) is 0 Å². The molecule has 17 heavy (non-hydrogen) atoms. The van der Waals surface area contributed by atoms with Crippen molar-refractivity contribution in [2.45, 2.75) is 19.8 Å². The van der Waals surface area contributed by atoms with Gasteiger partial charge in [0, 0.05) is 24.4 Å². The van der Waals surface area contributed by atoms with Crippen molar-refractivity contribution in [3.05, 3.63) is 30.1 Å². The first-order valence-corrected chi connectivity index (χ1v) is 5.58. The van der Waals surface area contributed by atoms with Crippen molar-refractivity contribution in [2.75, 3.05) is 13.2 Å². The molecule has 0 aliphatic rings. The Morgan fingerprint density at radius 1 is 1.35 bits per heavy atom. The number of nitrogens with one attached hydrogen (secondary N) is 1. The van der Waals surface area contributed by atoms with Crippen molar-refractivity contribution in [3.63, 3.8) is 0 Å². The van der Waals surface area contributed by atoms with Crippen molar-refractivity contribution in [1.82, 2.24) is 10.3 Å². The molecule has 0 aliphatic heterocycles. The number of ether oxygens (including phenoxy) is 1. The molecule has 1 amide bonds. The number of hydrogen-bond donors (Lipinski definition) is 1. The highest BCUT2D eigenvalue weighted by Gasteiger charge is 2.04. The van der Waals surface area contributed by atoms with E-state index in [-0.39, 0.29) is 18.5 Å². The summed E-state index contributed by atoms with van der Waals surface area (Å²) in [6.07, 6.45) is 4.28. The number of nitrogens with zero attached hydrogens (tertiary/aromatic N) is 1. The van der Waals surface area contributed by atoms with Crippen LogP contribution in [0.2, 0.25) is 0 Å². The molecule has 0 radical (unpaired) electrons. The Bertz CT molecular complexity index is 365. The van der Waals surface area contributed by atoms with Gasteiger partial charge >= 0.3 is 5.97 Å². The Kier molecular flexibility index (Phi) is 5.71.